The van der Waals surface area contributed by atoms with E-state index < -0.39 is 0 Å². The topological polar surface area (TPSA) is 0 Å². The second-order valence-electron chi connectivity index (χ2n) is 32.2. The molecule has 0 radical (unpaired) electrons. The van der Waals surface area contributed by atoms with E-state index in [1.807, 2.05) is 0 Å². The second-order valence-corrected chi connectivity index (χ2v) is 32.2. The van der Waals surface area contributed by atoms with Crippen molar-refractivity contribution in [2.75, 3.05) is 0 Å². The lowest BCUT2D eigenvalue weighted by molar-refractivity contribution is -0.0636. The van der Waals surface area contributed by atoms with Gasteiger partial charge in [-0.05, 0) is 300 Å². The largest absolute Gasteiger partial charge is 0.0625 e. The molecule has 8 unspecified atom stereocenters. The van der Waals surface area contributed by atoms with Gasteiger partial charge in [0.15, 0.2) is 0 Å². The van der Waals surface area contributed by atoms with Gasteiger partial charge in [-0.2, -0.15) is 0 Å². The molecule has 10 bridgehead atoms. The van der Waals surface area contributed by atoms with E-state index in [2.05, 4.69) is 138 Å². The Kier molecular flexibility index (Phi) is 20.8. The van der Waals surface area contributed by atoms with Gasteiger partial charge in [-0.1, -0.05) is 145 Å². The molecule has 70 heavy (non-hydrogen) atoms. The molecule has 0 nitrogen and oxygen atoms in total. The Morgan fingerprint density at radius 1 is 0.271 bits per heavy atom. The first kappa shape index (κ1) is 59.2. The maximum atomic E-state index is 2.46. The molecule has 0 spiro atoms. The zero-order valence-corrected chi connectivity index (χ0v) is 51.7. The lowest BCUT2D eigenvalue weighted by atomic mass is 9.48. The Labute approximate surface area is 442 Å². The number of hydrogen-bond donors (Lipinski definition) is 0. The average Bonchev–Trinajstić information content (AvgIpc) is 3.36. The summed E-state index contributed by atoms with van der Waals surface area (Å²) in [6.07, 6.45) is 36.7. The number of hydrogen-bond acceptors (Lipinski definition) is 0. The lowest BCUT2D eigenvalue weighted by Gasteiger charge is -2.57. The van der Waals surface area contributed by atoms with Crippen LogP contribution < -0.4 is 0 Å². The molecule has 15 aliphatic rings. The summed E-state index contributed by atoms with van der Waals surface area (Å²) in [5, 5.41) is 0. The van der Waals surface area contributed by atoms with Crippen LogP contribution in [0.15, 0.2) is 0 Å². The first-order valence-corrected chi connectivity index (χ1v) is 32.8. The van der Waals surface area contributed by atoms with E-state index in [9.17, 15) is 0 Å². The van der Waals surface area contributed by atoms with E-state index in [1.165, 1.54) is 128 Å². The third-order valence-corrected chi connectivity index (χ3v) is 26.4. The standard InChI is InChI=1S/5C14H26/c1-11(2)13-5-8-14(9-6-13,10-7-13)12(3)4;1-10(2)13-9-14(11(3)4)7-5-12(13)6-8-14;1-10(2)13-9-12-5-7-14(13,8-6-12)11(3)4;1-9(2)13-7-12-6-5-11(13)8-14(12)10(3)4;1-9(2)13-7-11-5-6-12(13)14(8-11)10(3)4/h11-12H,5-10H2,1-4H3;2*10-13H,5-9H2,1-4H3;2*9-14H,5-8H2,1-4H3. The average molecular weight is 972 g/mol. The Bertz CT molecular complexity index is 1420. The number of rotatable bonds is 10. The Hall–Kier alpha value is 0. The Morgan fingerprint density at radius 2 is 0.671 bits per heavy atom. The van der Waals surface area contributed by atoms with Gasteiger partial charge in [-0.15, -0.1) is 0 Å². The van der Waals surface area contributed by atoms with Crippen molar-refractivity contribution < 1.29 is 0 Å². The van der Waals surface area contributed by atoms with Crippen LogP contribution in [0.2, 0.25) is 0 Å². The summed E-state index contributed by atoms with van der Waals surface area (Å²) < 4.78 is 0. The van der Waals surface area contributed by atoms with Crippen LogP contribution in [0.1, 0.15) is 293 Å². The van der Waals surface area contributed by atoms with Gasteiger partial charge in [-0.3, -0.25) is 0 Å². The molecule has 0 aromatic rings. The molecule has 410 valence electrons. The van der Waals surface area contributed by atoms with Gasteiger partial charge in [-0.25, -0.2) is 0 Å². The predicted octanol–water partition coefficient (Wildman–Crippen LogP) is 22.3. The molecule has 0 amide bonds. The van der Waals surface area contributed by atoms with Crippen molar-refractivity contribution >= 4 is 0 Å². The summed E-state index contributed by atoms with van der Waals surface area (Å²) >= 11 is 0. The highest BCUT2D eigenvalue weighted by atomic mass is 14.6. The molecule has 0 aromatic heterocycles. The van der Waals surface area contributed by atoms with Gasteiger partial charge in [0, 0.05) is 0 Å². The number of fused-ring (bicyclic) bond motifs is 15. The maximum Gasteiger partial charge on any atom is -0.0243 e. The van der Waals surface area contributed by atoms with Gasteiger partial charge in [0.2, 0.25) is 0 Å². The third kappa shape index (κ3) is 12.9. The van der Waals surface area contributed by atoms with Crippen molar-refractivity contribution in [3.8, 4) is 0 Å². The predicted molar refractivity (Wildman–Crippen MR) is 311 cm³/mol. The molecule has 15 saturated carbocycles. The summed E-state index contributed by atoms with van der Waals surface area (Å²) in [5.41, 5.74) is 2.96. The smallest absolute Gasteiger partial charge is 0.0243 e. The summed E-state index contributed by atoms with van der Waals surface area (Å²) in [6, 6.07) is 0. The lowest BCUT2D eigenvalue weighted by Crippen LogP contribution is -2.47. The van der Waals surface area contributed by atoms with Crippen LogP contribution in [0.25, 0.3) is 0 Å². The van der Waals surface area contributed by atoms with Gasteiger partial charge >= 0.3 is 0 Å². The summed E-state index contributed by atoms with van der Waals surface area (Å²) in [4.78, 5) is 0. The summed E-state index contributed by atoms with van der Waals surface area (Å²) in [6.45, 7) is 48.7. The van der Waals surface area contributed by atoms with E-state index in [0.717, 1.165) is 152 Å². The summed E-state index contributed by atoms with van der Waals surface area (Å²) in [5.74, 6) is 21.9. The van der Waals surface area contributed by atoms with E-state index >= 15 is 0 Å². The molecule has 15 rings (SSSR count). The van der Waals surface area contributed by atoms with Gasteiger partial charge in [0.05, 0.1) is 0 Å². The molecular formula is C70H130. The minimum atomic E-state index is 0.725. The quantitative estimate of drug-likeness (QED) is 0.205. The normalized spacial score (nSPS) is 42.4. The minimum Gasteiger partial charge on any atom is -0.0625 e. The van der Waals surface area contributed by atoms with E-state index in [-0.39, 0.29) is 0 Å². The zero-order valence-electron chi connectivity index (χ0n) is 51.7. The SMILES string of the molecule is CC(C)C12CCC(C(C)C)(CC1)CC2.CC(C)C1CC2(C(C)C)CCC1CC2.CC(C)C1CC2CCC1(C(C)C)CC2.CC(C)C1CC2CCC1C(C(C)C)C2.CC(C)C1CC2CCC1CC2C(C)C. The Morgan fingerprint density at radius 3 is 0.971 bits per heavy atom. The maximum absolute atomic E-state index is 2.46. The monoisotopic (exact) mass is 971 g/mol. The van der Waals surface area contributed by atoms with Gasteiger partial charge < -0.3 is 0 Å². The van der Waals surface area contributed by atoms with Crippen LogP contribution in [0.3, 0.4) is 0 Å². The molecule has 0 aliphatic heterocycles. The van der Waals surface area contributed by atoms with E-state index in [0.29, 0.717) is 0 Å². The van der Waals surface area contributed by atoms with Gasteiger partial charge in [0.25, 0.3) is 0 Å². The zero-order chi connectivity index (χ0) is 51.7. The molecule has 15 fully saturated rings. The van der Waals surface area contributed by atoms with Gasteiger partial charge in [0.1, 0.15) is 0 Å². The highest BCUT2D eigenvalue weighted by molar-refractivity contribution is 5.03. The van der Waals surface area contributed by atoms with Crippen LogP contribution in [0.4, 0.5) is 0 Å². The van der Waals surface area contributed by atoms with Crippen LogP contribution >= 0.6 is 0 Å². The second kappa shape index (κ2) is 24.6. The van der Waals surface area contributed by atoms with Crippen LogP contribution in [-0.2, 0) is 0 Å². The third-order valence-electron chi connectivity index (χ3n) is 26.4. The van der Waals surface area contributed by atoms with E-state index in [4.69, 9.17) is 0 Å². The molecule has 0 saturated heterocycles. The first-order valence-electron chi connectivity index (χ1n) is 32.8. The van der Waals surface area contributed by atoms with Crippen molar-refractivity contribution in [3.05, 3.63) is 0 Å². The first-order chi connectivity index (χ1) is 32.8. The molecule has 0 aromatic carbocycles. The molecular weight excluding hydrogens is 841 g/mol. The highest BCUT2D eigenvalue weighted by Gasteiger charge is 2.52. The Balaban J connectivity index is 0.000000143. The van der Waals surface area contributed by atoms with Crippen molar-refractivity contribution in [1.82, 2.24) is 0 Å². The molecule has 8 atom stereocenters. The molecule has 0 N–H and O–H groups in total. The fourth-order valence-corrected chi connectivity index (χ4v) is 20.7. The fourth-order valence-electron chi connectivity index (χ4n) is 20.7. The summed E-state index contributed by atoms with van der Waals surface area (Å²) in [7, 11) is 0. The minimum absolute atomic E-state index is 0.725. The van der Waals surface area contributed by atoms with Crippen molar-refractivity contribution in [3.63, 3.8) is 0 Å². The van der Waals surface area contributed by atoms with Crippen LogP contribution in [0, 0.1) is 152 Å². The van der Waals surface area contributed by atoms with Crippen molar-refractivity contribution in [1.29, 1.82) is 0 Å². The van der Waals surface area contributed by atoms with Crippen molar-refractivity contribution in [2.24, 2.45) is 152 Å². The molecule has 0 heteroatoms. The van der Waals surface area contributed by atoms with Crippen LogP contribution in [-0.4, -0.2) is 0 Å². The van der Waals surface area contributed by atoms with Crippen molar-refractivity contribution in [2.45, 2.75) is 293 Å². The highest BCUT2D eigenvalue weighted by Crippen LogP contribution is 2.63. The fraction of sp³-hybridized carbons (Fsp3) is 1.00. The van der Waals surface area contributed by atoms with Crippen LogP contribution in [0.5, 0.6) is 0 Å². The molecule has 15 aliphatic carbocycles. The van der Waals surface area contributed by atoms with E-state index in [1.54, 1.807) is 25.7 Å². The molecule has 0 heterocycles.